The molecule has 0 spiro atoms. The summed E-state index contributed by atoms with van der Waals surface area (Å²) < 4.78 is 42.1. The second-order valence-electron chi connectivity index (χ2n) is 6.36. The first-order valence-electron chi connectivity index (χ1n) is 8.49. The number of nitrogens with zero attached hydrogens (tertiary/aromatic N) is 2. The molecular formula is C23H13F3N2. The van der Waals surface area contributed by atoms with Gasteiger partial charge in [-0.15, -0.1) is 0 Å². The van der Waals surface area contributed by atoms with Crippen molar-refractivity contribution in [3.05, 3.63) is 95.1 Å². The highest BCUT2D eigenvalue weighted by molar-refractivity contribution is 5.84. The lowest BCUT2D eigenvalue weighted by molar-refractivity contribution is 0.578. The number of hydrogen-bond acceptors (Lipinski definition) is 2. The van der Waals surface area contributed by atoms with Crippen molar-refractivity contribution < 1.29 is 13.2 Å². The number of hydrogen-bond donors (Lipinski definition) is 0. The first kappa shape index (κ1) is 17.7. The van der Waals surface area contributed by atoms with Crippen LogP contribution in [0.15, 0.2) is 60.9 Å². The maximum absolute atomic E-state index is 14.4. The van der Waals surface area contributed by atoms with Gasteiger partial charge in [-0.1, -0.05) is 24.0 Å². The molecule has 28 heavy (non-hydrogen) atoms. The molecule has 0 radical (unpaired) electrons. The molecule has 5 heteroatoms. The van der Waals surface area contributed by atoms with E-state index in [1.807, 2.05) is 6.92 Å². The van der Waals surface area contributed by atoms with E-state index in [-0.39, 0.29) is 22.8 Å². The largest absolute Gasteiger partial charge is 0.236 e. The molecule has 0 fully saturated rings. The summed E-state index contributed by atoms with van der Waals surface area (Å²) in [6, 6.07) is 11.9. The normalized spacial score (nSPS) is 10.6. The Balaban J connectivity index is 1.69. The van der Waals surface area contributed by atoms with Crippen LogP contribution in [0.4, 0.5) is 13.2 Å². The van der Waals surface area contributed by atoms with Crippen LogP contribution in [0.5, 0.6) is 0 Å². The van der Waals surface area contributed by atoms with Crippen LogP contribution >= 0.6 is 0 Å². The van der Waals surface area contributed by atoms with E-state index in [2.05, 4.69) is 21.8 Å². The zero-order valence-corrected chi connectivity index (χ0v) is 14.8. The zero-order valence-electron chi connectivity index (χ0n) is 14.8. The Kier molecular flexibility index (Phi) is 4.54. The highest BCUT2D eigenvalue weighted by Crippen LogP contribution is 2.22. The van der Waals surface area contributed by atoms with Gasteiger partial charge in [0.1, 0.15) is 17.5 Å². The molecule has 0 aliphatic heterocycles. The summed E-state index contributed by atoms with van der Waals surface area (Å²) in [5, 5.41) is 1.52. The average molecular weight is 374 g/mol. The molecule has 1 aromatic heterocycles. The molecule has 0 amide bonds. The van der Waals surface area contributed by atoms with Crippen LogP contribution in [0.2, 0.25) is 0 Å². The summed E-state index contributed by atoms with van der Waals surface area (Å²) in [5.41, 5.74) is 1.34. The monoisotopic (exact) mass is 374 g/mol. The van der Waals surface area contributed by atoms with Crippen LogP contribution in [-0.2, 0) is 0 Å². The first-order chi connectivity index (χ1) is 13.5. The van der Waals surface area contributed by atoms with Gasteiger partial charge in [0, 0.05) is 23.5 Å². The predicted molar refractivity (Wildman–Crippen MR) is 102 cm³/mol. The molecule has 4 aromatic rings. The van der Waals surface area contributed by atoms with E-state index in [0.717, 1.165) is 16.3 Å². The molecule has 3 aromatic carbocycles. The molecule has 4 rings (SSSR count). The van der Waals surface area contributed by atoms with Gasteiger partial charge < -0.3 is 0 Å². The third-order valence-corrected chi connectivity index (χ3v) is 4.22. The van der Waals surface area contributed by atoms with E-state index in [1.165, 1.54) is 24.3 Å². The van der Waals surface area contributed by atoms with Crippen LogP contribution < -0.4 is 0 Å². The number of aryl methyl sites for hydroxylation is 1. The van der Waals surface area contributed by atoms with Gasteiger partial charge >= 0.3 is 0 Å². The Morgan fingerprint density at radius 3 is 2.11 bits per heavy atom. The molecule has 0 aliphatic carbocycles. The van der Waals surface area contributed by atoms with Crippen molar-refractivity contribution in [1.29, 1.82) is 0 Å². The zero-order chi connectivity index (χ0) is 19.7. The fourth-order valence-electron chi connectivity index (χ4n) is 2.79. The lowest BCUT2D eigenvalue weighted by Crippen LogP contribution is -1.95. The molecular weight excluding hydrogens is 361 g/mol. The fourth-order valence-corrected chi connectivity index (χ4v) is 2.79. The van der Waals surface area contributed by atoms with E-state index >= 15 is 0 Å². The van der Waals surface area contributed by atoms with Gasteiger partial charge in [0.15, 0.2) is 5.82 Å². The lowest BCUT2D eigenvalue weighted by atomic mass is 10.1. The minimum Gasteiger partial charge on any atom is -0.236 e. The standard InChI is InChI=1S/C23H13F3N2/c1-14-12-27-23(28-13-14)18-10-21(25)20(22(26)11-18)7-3-15-2-4-17-9-19(24)6-5-16(17)8-15/h2,4-6,8-13H,1H3. The van der Waals surface area contributed by atoms with Gasteiger partial charge in [-0.05, 0) is 59.7 Å². The molecule has 2 nitrogen and oxygen atoms in total. The third-order valence-electron chi connectivity index (χ3n) is 4.22. The number of aromatic nitrogens is 2. The second kappa shape index (κ2) is 7.16. The first-order valence-corrected chi connectivity index (χ1v) is 8.49. The Hall–Kier alpha value is -3.65. The van der Waals surface area contributed by atoms with Gasteiger partial charge in [0.2, 0.25) is 0 Å². The van der Waals surface area contributed by atoms with Crippen LogP contribution in [0.3, 0.4) is 0 Å². The van der Waals surface area contributed by atoms with Crippen molar-refractivity contribution in [2.45, 2.75) is 6.92 Å². The molecule has 0 saturated heterocycles. The van der Waals surface area contributed by atoms with Crippen LogP contribution in [0.25, 0.3) is 22.2 Å². The van der Waals surface area contributed by atoms with Gasteiger partial charge in [-0.2, -0.15) is 0 Å². The van der Waals surface area contributed by atoms with E-state index in [1.54, 1.807) is 36.7 Å². The summed E-state index contributed by atoms with van der Waals surface area (Å²) in [4.78, 5) is 8.16. The van der Waals surface area contributed by atoms with Crippen molar-refractivity contribution in [3.63, 3.8) is 0 Å². The molecule has 0 aliphatic rings. The summed E-state index contributed by atoms with van der Waals surface area (Å²) in [6.45, 7) is 1.83. The van der Waals surface area contributed by atoms with Crippen LogP contribution in [-0.4, -0.2) is 9.97 Å². The van der Waals surface area contributed by atoms with Gasteiger partial charge in [-0.3, -0.25) is 0 Å². The Morgan fingerprint density at radius 1 is 0.750 bits per heavy atom. The van der Waals surface area contributed by atoms with Gasteiger partial charge in [0.25, 0.3) is 0 Å². The van der Waals surface area contributed by atoms with Crippen molar-refractivity contribution in [1.82, 2.24) is 9.97 Å². The molecule has 0 N–H and O–H groups in total. The van der Waals surface area contributed by atoms with E-state index in [0.29, 0.717) is 5.56 Å². The summed E-state index contributed by atoms with van der Waals surface area (Å²) >= 11 is 0. The topological polar surface area (TPSA) is 25.8 Å². The molecule has 0 saturated carbocycles. The van der Waals surface area contributed by atoms with Crippen LogP contribution in [0.1, 0.15) is 16.7 Å². The van der Waals surface area contributed by atoms with E-state index < -0.39 is 11.6 Å². The van der Waals surface area contributed by atoms with Crippen molar-refractivity contribution in [3.8, 4) is 23.2 Å². The van der Waals surface area contributed by atoms with Crippen molar-refractivity contribution >= 4 is 10.8 Å². The summed E-state index contributed by atoms with van der Waals surface area (Å²) in [6.07, 6.45) is 3.16. The molecule has 0 bridgehead atoms. The van der Waals surface area contributed by atoms with E-state index in [4.69, 9.17) is 0 Å². The third kappa shape index (κ3) is 3.58. The quantitative estimate of drug-likeness (QED) is 0.416. The Morgan fingerprint density at radius 2 is 1.39 bits per heavy atom. The molecule has 1 heterocycles. The molecule has 0 atom stereocenters. The number of benzene rings is 3. The smallest absolute Gasteiger partial charge is 0.159 e. The molecule has 0 unspecified atom stereocenters. The highest BCUT2D eigenvalue weighted by Gasteiger charge is 2.12. The summed E-state index contributed by atoms with van der Waals surface area (Å²) in [7, 11) is 0. The predicted octanol–water partition coefficient (Wildman–Crippen LogP) is 5.42. The number of rotatable bonds is 1. The maximum atomic E-state index is 14.4. The Bertz CT molecular complexity index is 1230. The maximum Gasteiger partial charge on any atom is 0.159 e. The molecule has 136 valence electrons. The lowest BCUT2D eigenvalue weighted by Gasteiger charge is -2.04. The average Bonchev–Trinajstić information content (AvgIpc) is 2.68. The number of halogens is 3. The number of fused-ring (bicyclic) bond motifs is 1. The highest BCUT2D eigenvalue weighted by atomic mass is 19.1. The SMILES string of the molecule is Cc1cnc(-c2cc(F)c(C#Cc3ccc4cc(F)ccc4c3)c(F)c2)nc1. The van der Waals surface area contributed by atoms with Crippen molar-refractivity contribution in [2.75, 3.05) is 0 Å². The van der Waals surface area contributed by atoms with Gasteiger partial charge in [0.05, 0.1) is 5.56 Å². The van der Waals surface area contributed by atoms with Crippen molar-refractivity contribution in [2.24, 2.45) is 0 Å². The fraction of sp³-hybridized carbons (Fsp3) is 0.0435. The Labute approximate surface area is 159 Å². The van der Waals surface area contributed by atoms with Gasteiger partial charge in [-0.25, -0.2) is 23.1 Å². The van der Waals surface area contributed by atoms with Crippen LogP contribution in [0, 0.1) is 36.2 Å². The summed E-state index contributed by atoms with van der Waals surface area (Å²) in [5.74, 6) is 3.66. The van der Waals surface area contributed by atoms with E-state index in [9.17, 15) is 13.2 Å². The second-order valence-corrected chi connectivity index (χ2v) is 6.36. The minimum atomic E-state index is -0.783. The minimum absolute atomic E-state index is 0.240.